The number of nitrogens with zero attached hydrogens (tertiary/aromatic N) is 2. The Morgan fingerprint density at radius 2 is 1.33 bits per heavy atom. The molecule has 0 fully saturated rings. The Morgan fingerprint density at radius 1 is 0.867 bits per heavy atom. The molecule has 3 heteroatoms. The van der Waals surface area contributed by atoms with Gasteiger partial charge in [-0.25, -0.2) is 0 Å². The molecule has 0 saturated heterocycles. The van der Waals surface area contributed by atoms with Crippen LogP contribution in [0.1, 0.15) is 11.1 Å². The number of hydrogen-bond acceptors (Lipinski definition) is 3. The van der Waals surface area contributed by atoms with Crippen molar-refractivity contribution in [3.8, 4) is 0 Å². The van der Waals surface area contributed by atoms with Crippen molar-refractivity contribution in [2.75, 3.05) is 0 Å². The monoisotopic (exact) mass is 198 g/mol. The molecule has 0 aliphatic rings. The lowest BCUT2D eigenvalue weighted by molar-refractivity contribution is 0.666. The molecule has 0 bridgehead atoms. The minimum absolute atomic E-state index is 0.808. The third-order valence-corrected chi connectivity index (χ3v) is 2.42. The molecule has 0 N–H and O–H groups in total. The van der Waals surface area contributed by atoms with Crippen LogP contribution < -0.4 is 0 Å². The van der Waals surface area contributed by atoms with E-state index < -0.39 is 0 Å². The summed E-state index contributed by atoms with van der Waals surface area (Å²) in [6.45, 7) is 4.00. The molecule has 0 saturated carbocycles. The fourth-order valence-electron chi connectivity index (χ4n) is 1.71. The fraction of sp³-hybridized carbons (Fsp3) is 0.167. The molecule has 0 spiro atoms. The first-order valence-corrected chi connectivity index (χ1v) is 4.85. The Bertz CT molecular complexity index is 599. The summed E-state index contributed by atoms with van der Waals surface area (Å²) in [4.78, 5) is 8.68. The molecule has 0 aliphatic heterocycles. The van der Waals surface area contributed by atoms with Crippen LogP contribution in [-0.2, 0) is 0 Å². The van der Waals surface area contributed by atoms with Crippen LogP contribution in [0.5, 0.6) is 0 Å². The van der Waals surface area contributed by atoms with Crippen LogP contribution in [0.3, 0.4) is 0 Å². The second-order valence-electron chi connectivity index (χ2n) is 3.82. The Morgan fingerprint density at radius 3 is 1.80 bits per heavy atom. The van der Waals surface area contributed by atoms with Gasteiger partial charge in [-0.1, -0.05) is 0 Å². The highest BCUT2D eigenvalue weighted by Crippen LogP contribution is 2.25. The molecule has 0 atom stereocenters. The SMILES string of the molecule is Cc1cnc2c(c1)oc1cc(C)cnc12. The number of pyridine rings is 2. The van der Waals surface area contributed by atoms with E-state index >= 15 is 0 Å². The van der Waals surface area contributed by atoms with Crippen LogP contribution >= 0.6 is 0 Å². The smallest absolute Gasteiger partial charge is 0.155 e. The van der Waals surface area contributed by atoms with Gasteiger partial charge in [0.25, 0.3) is 0 Å². The first kappa shape index (κ1) is 8.41. The van der Waals surface area contributed by atoms with Crippen molar-refractivity contribution in [3.63, 3.8) is 0 Å². The van der Waals surface area contributed by atoms with E-state index in [1.165, 1.54) is 0 Å². The predicted molar refractivity (Wildman–Crippen MR) is 58.8 cm³/mol. The third kappa shape index (κ3) is 1.20. The first-order valence-electron chi connectivity index (χ1n) is 4.85. The van der Waals surface area contributed by atoms with Crippen molar-refractivity contribution in [2.45, 2.75) is 13.8 Å². The average Bonchev–Trinajstić information content (AvgIpc) is 2.53. The lowest BCUT2D eigenvalue weighted by Gasteiger charge is -1.90. The number of aromatic nitrogens is 2. The van der Waals surface area contributed by atoms with Crippen LogP contribution in [0, 0.1) is 13.8 Å². The summed E-state index contributed by atoms with van der Waals surface area (Å²) in [5, 5.41) is 0. The van der Waals surface area contributed by atoms with Crippen molar-refractivity contribution >= 4 is 22.2 Å². The molecule has 0 amide bonds. The number of rotatable bonds is 0. The lowest BCUT2D eigenvalue weighted by atomic mass is 10.2. The Hall–Kier alpha value is -1.90. The van der Waals surface area contributed by atoms with Crippen LogP contribution in [-0.4, -0.2) is 9.97 Å². The fourth-order valence-corrected chi connectivity index (χ4v) is 1.71. The van der Waals surface area contributed by atoms with Crippen LogP contribution in [0.15, 0.2) is 28.9 Å². The molecule has 3 heterocycles. The van der Waals surface area contributed by atoms with Crippen LogP contribution in [0.2, 0.25) is 0 Å². The van der Waals surface area contributed by atoms with Gasteiger partial charge >= 0.3 is 0 Å². The van der Waals surface area contributed by atoms with E-state index in [4.69, 9.17) is 4.42 Å². The van der Waals surface area contributed by atoms with E-state index in [1.807, 2.05) is 38.4 Å². The molecule has 3 aromatic rings. The van der Waals surface area contributed by atoms with Gasteiger partial charge in [0.05, 0.1) is 0 Å². The maximum atomic E-state index is 5.69. The topological polar surface area (TPSA) is 38.9 Å². The van der Waals surface area contributed by atoms with E-state index in [0.29, 0.717) is 0 Å². The van der Waals surface area contributed by atoms with Gasteiger partial charge in [-0.3, -0.25) is 9.97 Å². The van der Waals surface area contributed by atoms with Gasteiger partial charge in [-0.05, 0) is 37.1 Å². The third-order valence-electron chi connectivity index (χ3n) is 2.42. The molecule has 0 unspecified atom stereocenters. The molecule has 0 aromatic carbocycles. The summed E-state index contributed by atoms with van der Waals surface area (Å²) >= 11 is 0. The highest BCUT2D eigenvalue weighted by Gasteiger charge is 2.08. The molecule has 15 heavy (non-hydrogen) atoms. The maximum absolute atomic E-state index is 5.69. The Kier molecular flexibility index (Phi) is 1.57. The van der Waals surface area contributed by atoms with Crippen LogP contribution in [0.4, 0.5) is 0 Å². The largest absolute Gasteiger partial charge is 0.453 e. The highest BCUT2D eigenvalue weighted by atomic mass is 16.3. The summed E-state index contributed by atoms with van der Waals surface area (Å²) in [5.41, 5.74) is 5.49. The lowest BCUT2D eigenvalue weighted by Crippen LogP contribution is -1.79. The van der Waals surface area contributed by atoms with Gasteiger partial charge in [0, 0.05) is 12.4 Å². The van der Waals surface area contributed by atoms with Crippen molar-refractivity contribution in [2.24, 2.45) is 0 Å². The van der Waals surface area contributed by atoms with Crippen molar-refractivity contribution in [1.82, 2.24) is 9.97 Å². The van der Waals surface area contributed by atoms with E-state index in [2.05, 4.69) is 9.97 Å². The molecule has 0 radical (unpaired) electrons. The molecule has 74 valence electrons. The second-order valence-corrected chi connectivity index (χ2v) is 3.82. The van der Waals surface area contributed by atoms with E-state index in [0.717, 1.165) is 33.3 Å². The van der Waals surface area contributed by atoms with Gasteiger partial charge in [-0.15, -0.1) is 0 Å². The van der Waals surface area contributed by atoms with E-state index in [1.54, 1.807) is 0 Å². The number of hydrogen-bond donors (Lipinski definition) is 0. The summed E-state index contributed by atoms with van der Waals surface area (Å²) in [6.07, 6.45) is 3.66. The zero-order valence-electron chi connectivity index (χ0n) is 8.61. The van der Waals surface area contributed by atoms with Gasteiger partial charge < -0.3 is 4.42 Å². The number of fused-ring (bicyclic) bond motifs is 3. The van der Waals surface area contributed by atoms with Crippen molar-refractivity contribution < 1.29 is 4.42 Å². The van der Waals surface area contributed by atoms with Gasteiger partial charge in [0.2, 0.25) is 0 Å². The van der Waals surface area contributed by atoms with Crippen LogP contribution in [0.25, 0.3) is 22.2 Å². The molecule has 3 aromatic heterocycles. The number of furan rings is 1. The molecule has 0 aliphatic carbocycles. The zero-order chi connectivity index (χ0) is 10.4. The van der Waals surface area contributed by atoms with E-state index in [9.17, 15) is 0 Å². The molecule has 3 rings (SSSR count). The molecular formula is C12H10N2O. The predicted octanol–water partition coefficient (Wildman–Crippen LogP) is 2.99. The minimum Gasteiger partial charge on any atom is -0.453 e. The molecule has 3 nitrogen and oxygen atoms in total. The average molecular weight is 198 g/mol. The first-order chi connectivity index (χ1) is 7.24. The van der Waals surface area contributed by atoms with E-state index in [-0.39, 0.29) is 0 Å². The minimum atomic E-state index is 0.808. The summed E-state index contributed by atoms with van der Waals surface area (Å²) in [5.74, 6) is 0. The second kappa shape index (κ2) is 2.79. The summed E-state index contributed by atoms with van der Waals surface area (Å²) in [7, 11) is 0. The highest BCUT2D eigenvalue weighted by molar-refractivity contribution is 5.99. The number of aryl methyl sites for hydroxylation is 2. The van der Waals surface area contributed by atoms with Gasteiger partial charge in [0.1, 0.15) is 11.0 Å². The zero-order valence-corrected chi connectivity index (χ0v) is 8.61. The summed E-state index contributed by atoms with van der Waals surface area (Å²) in [6, 6.07) is 3.97. The molecular weight excluding hydrogens is 188 g/mol. The standard InChI is InChI=1S/C12H10N2O/c1-7-3-9-11(13-5-7)12-10(15-9)4-8(2)6-14-12/h3-6H,1-2H3. The normalized spacial score (nSPS) is 11.3. The van der Waals surface area contributed by atoms with Crippen molar-refractivity contribution in [3.05, 3.63) is 35.7 Å². The summed E-state index contributed by atoms with van der Waals surface area (Å²) < 4.78 is 5.69. The maximum Gasteiger partial charge on any atom is 0.155 e. The Balaban J connectivity index is 2.51. The Labute approximate surface area is 86.8 Å². The van der Waals surface area contributed by atoms with Gasteiger partial charge in [0.15, 0.2) is 11.2 Å². The van der Waals surface area contributed by atoms with Crippen molar-refractivity contribution in [1.29, 1.82) is 0 Å². The quantitative estimate of drug-likeness (QED) is 0.557. The van der Waals surface area contributed by atoms with Gasteiger partial charge in [-0.2, -0.15) is 0 Å².